The normalized spacial score (nSPS) is 12.8. The van der Waals surface area contributed by atoms with Gasteiger partial charge in [-0.25, -0.2) is 4.79 Å². The predicted molar refractivity (Wildman–Crippen MR) is 40.6 cm³/mol. The Morgan fingerprint density at radius 3 is 2.83 bits per heavy atom. The van der Waals surface area contributed by atoms with Gasteiger partial charge >= 0.3 is 5.97 Å². The van der Waals surface area contributed by atoms with Gasteiger partial charge in [0, 0.05) is 25.9 Å². The Morgan fingerprint density at radius 1 is 1.83 bits per heavy atom. The lowest BCUT2D eigenvalue weighted by Gasteiger charge is -2.06. The smallest absolute Gasteiger partial charge is 0.337 e. The molecule has 0 saturated heterocycles. The van der Waals surface area contributed by atoms with Gasteiger partial charge in [0.15, 0.2) is 6.10 Å². The second-order valence-corrected chi connectivity index (χ2v) is 2.40. The molecule has 5 heteroatoms. The Morgan fingerprint density at radius 2 is 2.50 bits per heavy atom. The highest BCUT2D eigenvalue weighted by molar-refractivity contribution is 5.74. The third-order valence-corrected chi connectivity index (χ3v) is 1.49. The van der Waals surface area contributed by atoms with Gasteiger partial charge in [0.25, 0.3) is 0 Å². The van der Waals surface area contributed by atoms with E-state index in [2.05, 4.69) is 5.10 Å². The van der Waals surface area contributed by atoms with Crippen LogP contribution in [0.2, 0.25) is 0 Å². The fourth-order valence-corrected chi connectivity index (χ4v) is 0.955. The van der Waals surface area contributed by atoms with Crippen LogP contribution in [0.4, 0.5) is 0 Å². The first-order chi connectivity index (χ1) is 5.65. The number of hydrogen-bond donors (Lipinski definition) is 1. The third-order valence-electron chi connectivity index (χ3n) is 1.49. The summed E-state index contributed by atoms with van der Waals surface area (Å²) in [5.74, 6) is -1.01. The summed E-state index contributed by atoms with van der Waals surface area (Å²) in [5.41, 5.74) is 0.549. The van der Waals surface area contributed by atoms with Crippen LogP contribution in [-0.2, 0) is 16.6 Å². The van der Waals surface area contributed by atoms with Gasteiger partial charge in [0.05, 0.1) is 6.20 Å². The van der Waals surface area contributed by atoms with E-state index in [-0.39, 0.29) is 0 Å². The molecule has 0 aliphatic rings. The van der Waals surface area contributed by atoms with Crippen molar-refractivity contribution in [1.82, 2.24) is 9.78 Å². The van der Waals surface area contributed by atoms with Gasteiger partial charge in [0.2, 0.25) is 0 Å². The molecule has 1 aromatic heterocycles. The van der Waals surface area contributed by atoms with E-state index < -0.39 is 12.1 Å². The van der Waals surface area contributed by atoms with E-state index in [1.165, 1.54) is 18.0 Å². The predicted octanol–water partition coefficient (Wildman–Crippen LogP) is 0.192. The van der Waals surface area contributed by atoms with Crippen molar-refractivity contribution in [1.29, 1.82) is 0 Å². The van der Waals surface area contributed by atoms with Gasteiger partial charge < -0.3 is 9.84 Å². The molecule has 1 aromatic rings. The Hall–Kier alpha value is -1.36. The SMILES string of the molecule is COC(C(=O)O)c1cnn(C)c1. The Kier molecular flexibility index (Phi) is 2.44. The lowest BCUT2D eigenvalue weighted by Crippen LogP contribution is -2.12. The highest BCUT2D eigenvalue weighted by atomic mass is 16.5. The Labute approximate surface area is 69.6 Å². The molecule has 0 aliphatic heterocycles. The summed E-state index contributed by atoms with van der Waals surface area (Å²) in [7, 11) is 3.07. The summed E-state index contributed by atoms with van der Waals surface area (Å²) >= 11 is 0. The van der Waals surface area contributed by atoms with Gasteiger partial charge in [-0.1, -0.05) is 0 Å². The minimum atomic E-state index is -1.01. The maximum Gasteiger partial charge on any atom is 0.337 e. The molecule has 0 fully saturated rings. The molecular formula is C7H10N2O3. The van der Waals surface area contributed by atoms with E-state index in [9.17, 15) is 4.79 Å². The summed E-state index contributed by atoms with van der Waals surface area (Å²) in [6, 6.07) is 0. The molecule has 0 bridgehead atoms. The molecule has 0 saturated carbocycles. The molecule has 1 atom stereocenters. The lowest BCUT2D eigenvalue weighted by atomic mass is 10.2. The second-order valence-electron chi connectivity index (χ2n) is 2.40. The monoisotopic (exact) mass is 170 g/mol. The second kappa shape index (κ2) is 3.36. The van der Waals surface area contributed by atoms with Crippen LogP contribution in [0.1, 0.15) is 11.7 Å². The highest BCUT2D eigenvalue weighted by Gasteiger charge is 2.19. The molecule has 0 aromatic carbocycles. The lowest BCUT2D eigenvalue weighted by molar-refractivity contribution is -0.148. The standard InChI is InChI=1S/C7H10N2O3/c1-9-4-5(3-8-9)6(12-2)7(10)11/h3-4,6H,1-2H3,(H,10,11). The zero-order valence-corrected chi connectivity index (χ0v) is 6.89. The van der Waals surface area contributed by atoms with Gasteiger partial charge in [-0.15, -0.1) is 0 Å². The number of carboxylic acids is 1. The summed E-state index contributed by atoms with van der Waals surface area (Å²) < 4.78 is 6.29. The average Bonchev–Trinajstić information content (AvgIpc) is 2.37. The fraction of sp³-hybridized carbons (Fsp3) is 0.429. The third kappa shape index (κ3) is 1.62. The van der Waals surface area contributed by atoms with Gasteiger partial charge in [-0.05, 0) is 0 Å². The number of carboxylic acid groups (broad SMARTS) is 1. The molecular weight excluding hydrogens is 160 g/mol. The number of aromatic nitrogens is 2. The Bertz CT molecular complexity index is 282. The molecule has 1 heterocycles. The van der Waals surface area contributed by atoms with E-state index in [0.29, 0.717) is 5.56 Å². The minimum absolute atomic E-state index is 0.549. The largest absolute Gasteiger partial charge is 0.479 e. The number of hydrogen-bond acceptors (Lipinski definition) is 3. The molecule has 12 heavy (non-hydrogen) atoms. The number of nitrogens with zero attached hydrogens (tertiary/aromatic N) is 2. The quantitative estimate of drug-likeness (QED) is 0.703. The van der Waals surface area contributed by atoms with Gasteiger partial charge in [-0.2, -0.15) is 5.10 Å². The molecule has 0 radical (unpaired) electrons. The van der Waals surface area contributed by atoms with Crippen LogP contribution in [0.25, 0.3) is 0 Å². The molecule has 1 N–H and O–H groups in total. The first-order valence-electron chi connectivity index (χ1n) is 3.39. The first kappa shape index (κ1) is 8.73. The van der Waals surface area contributed by atoms with Crippen molar-refractivity contribution in [2.75, 3.05) is 7.11 Å². The van der Waals surface area contributed by atoms with Crippen LogP contribution >= 0.6 is 0 Å². The number of carbonyl (C=O) groups is 1. The summed E-state index contributed by atoms with van der Waals surface area (Å²) in [6.45, 7) is 0. The maximum atomic E-state index is 10.6. The van der Waals surface area contributed by atoms with Crippen LogP contribution in [-0.4, -0.2) is 28.0 Å². The zero-order valence-electron chi connectivity index (χ0n) is 6.89. The summed E-state index contributed by atoms with van der Waals surface area (Å²) in [5, 5.41) is 12.5. The number of aryl methyl sites for hydroxylation is 1. The van der Waals surface area contributed by atoms with Gasteiger partial charge in [0.1, 0.15) is 0 Å². The van der Waals surface area contributed by atoms with E-state index in [0.717, 1.165) is 0 Å². The van der Waals surface area contributed by atoms with Crippen molar-refractivity contribution in [3.8, 4) is 0 Å². The summed E-state index contributed by atoms with van der Waals surface area (Å²) in [4.78, 5) is 10.6. The molecule has 0 aliphatic carbocycles. The molecule has 0 spiro atoms. The number of methoxy groups -OCH3 is 1. The molecule has 0 amide bonds. The first-order valence-corrected chi connectivity index (χ1v) is 3.39. The fourth-order valence-electron chi connectivity index (χ4n) is 0.955. The van der Waals surface area contributed by atoms with Crippen molar-refractivity contribution in [3.63, 3.8) is 0 Å². The van der Waals surface area contributed by atoms with Crippen molar-refractivity contribution < 1.29 is 14.6 Å². The molecule has 1 rings (SSSR count). The van der Waals surface area contributed by atoms with E-state index in [4.69, 9.17) is 9.84 Å². The van der Waals surface area contributed by atoms with Crippen LogP contribution < -0.4 is 0 Å². The van der Waals surface area contributed by atoms with E-state index in [1.54, 1.807) is 13.2 Å². The number of rotatable bonds is 3. The van der Waals surface area contributed by atoms with E-state index in [1.807, 2.05) is 0 Å². The minimum Gasteiger partial charge on any atom is -0.479 e. The zero-order chi connectivity index (χ0) is 9.14. The van der Waals surface area contributed by atoms with Crippen molar-refractivity contribution in [2.24, 2.45) is 7.05 Å². The van der Waals surface area contributed by atoms with Crippen LogP contribution in [0.15, 0.2) is 12.4 Å². The van der Waals surface area contributed by atoms with E-state index >= 15 is 0 Å². The average molecular weight is 170 g/mol. The maximum absolute atomic E-state index is 10.6. The van der Waals surface area contributed by atoms with Crippen LogP contribution in [0.3, 0.4) is 0 Å². The Balaban J connectivity index is 2.87. The number of ether oxygens (including phenoxy) is 1. The van der Waals surface area contributed by atoms with Crippen LogP contribution in [0, 0.1) is 0 Å². The summed E-state index contributed by atoms with van der Waals surface area (Å²) in [6.07, 6.45) is 2.17. The number of aliphatic carboxylic acids is 1. The van der Waals surface area contributed by atoms with Crippen LogP contribution in [0.5, 0.6) is 0 Å². The molecule has 5 nitrogen and oxygen atoms in total. The highest BCUT2D eigenvalue weighted by Crippen LogP contribution is 2.14. The van der Waals surface area contributed by atoms with Crippen molar-refractivity contribution in [3.05, 3.63) is 18.0 Å². The van der Waals surface area contributed by atoms with Crippen molar-refractivity contribution in [2.45, 2.75) is 6.10 Å². The topological polar surface area (TPSA) is 64.3 Å². The molecule has 66 valence electrons. The van der Waals surface area contributed by atoms with Crippen molar-refractivity contribution >= 4 is 5.97 Å². The molecule has 1 unspecified atom stereocenters. The van der Waals surface area contributed by atoms with Gasteiger partial charge in [-0.3, -0.25) is 4.68 Å².